The number of hydrogen-bond donors (Lipinski definition) is 0. The molecule has 0 aliphatic rings. The van der Waals surface area contributed by atoms with E-state index in [-0.39, 0.29) is 11.9 Å². The molecule has 0 saturated carbocycles. The first-order chi connectivity index (χ1) is 9.95. The fourth-order valence-corrected chi connectivity index (χ4v) is 1.88. The maximum Gasteiger partial charge on any atom is 0.259 e. The molecule has 2 heterocycles. The van der Waals surface area contributed by atoms with Gasteiger partial charge in [-0.05, 0) is 20.8 Å². The third kappa shape index (κ3) is 3.35. The quantitative estimate of drug-likeness (QED) is 0.872. The van der Waals surface area contributed by atoms with Crippen molar-refractivity contribution >= 4 is 11.6 Å². The summed E-state index contributed by atoms with van der Waals surface area (Å²) in [6.07, 6.45) is 3.56. The molecule has 0 bridgehead atoms. The number of pyridine rings is 1. The van der Waals surface area contributed by atoms with Crippen LogP contribution in [0.4, 0.5) is 0 Å². The average molecular weight is 291 g/mol. The summed E-state index contributed by atoms with van der Waals surface area (Å²) in [5.74, 6) is 0.498. The molecule has 2 rings (SSSR count). The Morgan fingerprint density at radius 2 is 2.00 bits per heavy atom. The van der Waals surface area contributed by atoms with Gasteiger partial charge >= 0.3 is 0 Å². The average Bonchev–Trinajstić information content (AvgIpc) is 2.87. The summed E-state index contributed by atoms with van der Waals surface area (Å²) in [6.45, 7) is 9.91. The molecular formula is C16H25N3O2. The van der Waals surface area contributed by atoms with Gasteiger partial charge in [0.1, 0.15) is 11.4 Å². The molecule has 2 aromatic rings. The number of fused-ring (bicyclic) bond motifs is 1. The fraction of sp³-hybridized carbons (Fsp3) is 0.500. The summed E-state index contributed by atoms with van der Waals surface area (Å²) >= 11 is 0. The minimum atomic E-state index is -0.0538. The van der Waals surface area contributed by atoms with Crippen LogP contribution in [0.25, 0.3) is 5.65 Å². The Bertz CT molecular complexity index is 617. The molecule has 5 nitrogen and oxygen atoms in total. The molecule has 1 amide bonds. The first kappa shape index (κ1) is 17.0. The second-order valence-corrected chi connectivity index (χ2v) is 4.89. The Hall–Kier alpha value is -2.04. The number of aromatic nitrogens is 2. The third-order valence-corrected chi connectivity index (χ3v) is 3.34. The largest absolute Gasteiger partial charge is 0.496 e. The Morgan fingerprint density at radius 1 is 1.38 bits per heavy atom. The van der Waals surface area contributed by atoms with Crippen LogP contribution in [0.1, 0.15) is 43.7 Å². The van der Waals surface area contributed by atoms with E-state index in [0.717, 1.165) is 11.3 Å². The molecule has 0 atom stereocenters. The fourth-order valence-electron chi connectivity index (χ4n) is 1.88. The van der Waals surface area contributed by atoms with Gasteiger partial charge in [0, 0.05) is 37.2 Å². The lowest BCUT2D eigenvalue weighted by Gasteiger charge is -2.22. The maximum atomic E-state index is 12.5. The Morgan fingerprint density at radius 3 is 2.52 bits per heavy atom. The van der Waals surface area contributed by atoms with Gasteiger partial charge in [0.15, 0.2) is 0 Å². The normalized spacial score (nSPS) is 10.3. The number of nitrogens with zero attached hydrogens (tertiary/aromatic N) is 3. The van der Waals surface area contributed by atoms with Crippen molar-refractivity contribution < 1.29 is 9.53 Å². The van der Waals surface area contributed by atoms with E-state index in [2.05, 4.69) is 4.98 Å². The van der Waals surface area contributed by atoms with Crippen molar-refractivity contribution in [1.82, 2.24) is 14.3 Å². The molecule has 2 aromatic heterocycles. The van der Waals surface area contributed by atoms with Gasteiger partial charge in [-0.1, -0.05) is 13.8 Å². The lowest BCUT2D eigenvalue weighted by molar-refractivity contribution is 0.0751. The van der Waals surface area contributed by atoms with Crippen LogP contribution in [0.3, 0.4) is 0 Å². The number of ether oxygens (including phenoxy) is 1. The molecule has 0 fully saturated rings. The van der Waals surface area contributed by atoms with E-state index in [0.29, 0.717) is 11.3 Å². The summed E-state index contributed by atoms with van der Waals surface area (Å²) in [6, 6.07) is 1.92. The zero-order chi connectivity index (χ0) is 16.2. The summed E-state index contributed by atoms with van der Waals surface area (Å²) in [7, 11) is 3.35. The van der Waals surface area contributed by atoms with Crippen LogP contribution in [-0.2, 0) is 0 Å². The van der Waals surface area contributed by atoms with Gasteiger partial charge in [-0.2, -0.15) is 0 Å². The van der Waals surface area contributed by atoms with Gasteiger partial charge in [-0.25, -0.2) is 4.98 Å². The summed E-state index contributed by atoms with van der Waals surface area (Å²) in [5.41, 5.74) is 2.31. The van der Waals surface area contributed by atoms with Crippen LogP contribution in [0, 0.1) is 6.92 Å². The number of imidazole rings is 1. The topological polar surface area (TPSA) is 46.8 Å². The molecule has 0 aliphatic heterocycles. The zero-order valence-corrected chi connectivity index (χ0v) is 14.0. The predicted octanol–water partition coefficient (Wildman–Crippen LogP) is 3.16. The lowest BCUT2D eigenvalue weighted by Crippen LogP contribution is -2.33. The molecule has 0 aromatic carbocycles. The Kier molecular flexibility index (Phi) is 5.76. The summed E-state index contributed by atoms with van der Waals surface area (Å²) in [4.78, 5) is 18.4. The SMILES string of the molecule is CC.COc1cc2ncc(C)n2cc1C(=O)N(C)C(C)C. The molecule has 21 heavy (non-hydrogen) atoms. The number of carbonyl (C=O) groups excluding carboxylic acids is 1. The van der Waals surface area contributed by atoms with Crippen LogP contribution in [0.15, 0.2) is 18.5 Å². The van der Waals surface area contributed by atoms with Crippen molar-refractivity contribution in [2.75, 3.05) is 14.2 Å². The summed E-state index contributed by atoms with van der Waals surface area (Å²) < 4.78 is 7.21. The molecule has 116 valence electrons. The number of amides is 1. The highest BCUT2D eigenvalue weighted by Crippen LogP contribution is 2.23. The van der Waals surface area contributed by atoms with Crippen molar-refractivity contribution in [1.29, 1.82) is 0 Å². The van der Waals surface area contributed by atoms with Crippen molar-refractivity contribution in [3.05, 3.63) is 29.7 Å². The van der Waals surface area contributed by atoms with Crippen molar-refractivity contribution in [3.63, 3.8) is 0 Å². The molecule has 0 aliphatic carbocycles. The highest BCUT2D eigenvalue weighted by Gasteiger charge is 2.20. The summed E-state index contributed by atoms with van der Waals surface area (Å²) in [5, 5.41) is 0. The first-order valence-corrected chi connectivity index (χ1v) is 7.24. The van der Waals surface area contributed by atoms with Crippen LogP contribution < -0.4 is 4.74 Å². The third-order valence-electron chi connectivity index (χ3n) is 3.34. The molecular weight excluding hydrogens is 266 g/mol. The van der Waals surface area contributed by atoms with Gasteiger partial charge in [-0.3, -0.25) is 4.79 Å². The second kappa shape index (κ2) is 7.11. The number of methoxy groups -OCH3 is 1. The Balaban J connectivity index is 0.00000106. The minimum absolute atomic E-state index is 0.0538. The molecule has 0 spiro atoms. The van der Waals surface area contributed by atoms with E-state index in [1.807, 2.05) is 39.0 Å². The maximum absolute atomic E-state index is 12.5. The highest BCUT2D eigenvalue weighted by atomic mass is 16.5. The number of carbonyl (C=O) groups is 1. The number of hydrogen-bond acceptors (Lipinski definition) is 3. The van der Waals surface area contributed by atoms with Crippen molar-refractivity contribution in [3.8, 4) is 5.75 Å². The minimum Gasteiger partial charge on any atom is -0.496 e. The van der Waals surface area contributed by atoms with Crippen LogP contribution in [0.2, 0.25) is 0 Å². The van der Waals surface area contributed by atoms with E-state index >= 15 is 0 Å². The van der Waals surface area contributed by atoms with Crippen LogP contribution in [0.5, 0.6) is 5.75 Å². The van der Waals surface area contributed by atoms with Gasteiger partial charge < -0.3 is 14.0 Å². The van der Waals surface area contributed by atoms with E-state index < -0.39 is 0 Å². The predicted molar refractivity (Wildman–Crippen MR) is 85.1 cm³/mol. The van der Waals surface area contributed by atoms with Crippen molar-refractivity contribution in [2.24, 2.45) is 0 Å². The second-order valence-electron chi connectivity index (χ2n) is 4.89. The smallest absolute Gasteiger partial charge is 0.259 e. The van der Waals surface area contributed by atoms with Crippen LogP contribution in [-0.4, -0.2) is 40.4 Å². The Labute approximate surface area is 126 Å². The molecule has 0 radical (unpaired) electrons. The lowest BCUT2D eigenvalue weighted by atomic mass is 10.2. The van der Waals surface area contributed by atoms with E-state index in [1.54, 1.807) is 37.5 Å². The van der Waals surface area contributed by atoms with E-state index in [1.165, 1.54) is 0 Å². The highest BCUT2D eigenvalue weighted by molar-refractivity contribution is 5.97. The monoisotopic (exact) mass is 291 g/mol. The number of rotatable bonds is 3. The number of aryl methyl sites for hydroxylation is 1. The van der Waals surface area contributed by atoms with E-state index in [4.69, 9.17) is 4.74 Å². The van der Waals surface area contributed by atoms with Gasteiger partial charge in [0.2, 0.25) is 0 Å². The van der Waals surface area contributed by atoms with Gasteiger partial charge in [0.05, 0.1) is 12.7 Å². The molecule has 0 N–H and O–H groups in total. The standard InChI is InChI=1S/C14H19N3O2.C2H6/c1-9(2)16(4)14(18)11-8-17-10(3)7-15-13(17)6-12(11)19-5;1-2/h6-9H,1-5H3;1-2H3. The zero-order valence-electron chi connectivity index (χ0n) is 14.0. The van der Waals surface area contributed by atoms with Gasteiger partial charge in [0.25, 0.3) is 5.91 Å². The van der Waals surface area contributed by atoms with Crippen molar-refractivity contribution in [2.45, 2.75) is 40.7 Å². The van der Waals surface area contributed by atoms with Crippen LogP contribution >= 0.6 is 0 Å². The molecule has 0 unspecified atom stereocenters. The van der Waals surface area contributed by atoms with Gasteiger partial charge in [-0.15, -0.1) is 0 Å². The molecule has 5 heteroatoms. The van der Waals surface area contributed by atoms with E-state index in [9.17, 15) is 4.79 Å². The first-order valence-electron chi connectivity index (χ1n) is 7.24. The molecule has 0 saturated heterocycles.